The highest BCUT2D eigenvalue weighted by atomic mass is 16.5. The summed E-state index contributed by atoms with van der Waals surface area (Å²) in [6, 6.07) is 4.69. The maximum Gasteiger partial charge on any atom is 0.122 e. The Morgan fingerprint density at radius 2 is 2.28 bits per heavy atom. The van der Waals surface area contributed by atoms with Gasteiger partial charge in [0.1, 0.15) is 11.5 Å². The molecule has 1 aromatic heterocycles. The molecular weight excluding hydrogens is 228 g/mol. The summed E-state index contributed by atoms with van der Waals surface area (Å²) < 4.78 is 11.3. The van der Waals surface area contributed by atoms with Crippen LogP contribution in [0.1, 0.15) is 37.8 Å². The third-order valence-corrected chi connectivity index (χ3v) is 3.71. The third kappa shape index (κ3) is 2.76. The van der Waals surface area contributed by atoms with Crippen molar-refractivity contribution in [2.45, 2.75) is 45.3 Å². The van der Waals surface area contributed by atoms with Gasteiger partial charge in [-0.15, -0.1) is 0 Å². The van der Waals surface area contributed by atoms with Crippen molar-refractivity contribution in [1.29, 1.82) is 0 Å². The van der Waals surface area contributed by atoms with Crippen molar-refractivity contribution in [2.24, 2.45) is 5.73 Å². The minimum atomic E-state index is 0.0936. The Hall–Kier alpha value is -0.840. The van der Waals surface area contributed by atoms with E-state index in [-0.39, 0.29) is 12.1 Å². The second-order valence-corrected chi connectivity index (χ2v) is 5.13. The number of ether oxygens (including phenoxy) is 1. The molecule has 3 atom stereocenters. The van der Waals surface area contributed by atoms with Gasteiger partial charge in [-0.05, 0) is 32.4 Å². The highest BCUT2D eigenvalue weighted by Gasteiger charge is 2.33. The van der Waals surface area contributed by atoms with E-state index in [1.807, 2.05) is 13.0 Å². The minimum absolute atomic E-state index is 0.0936. The Balaban J connectivity index is 2.24. The second kappa shape index (κ2) is 5.87. The molecular formula is C14H24N2O2. The van der Waals surface area contributed by atoms with Crippen molar-refractivity contribution >= 4 is 0 Å². The first-order valence-electron chi connectivity index (χ1n) is 6.79. The number of rotatable bonds is 4. The molecule has 18 heavy (non-hydrogen) atoms. The van der Waals surface area contributed by atoms with Gasteiger partial charge >= 0.3 is 0 Å². The number of hydrogen-bond donors (Lipinski definition) is 1. The largest absolute Gasteiger partial charge is 0.465 e. The molecule has 2 heterocycles. The van der Waals surface area contributed by atoms with Crippen LogP contribution >= 0.6 is 0 Å². The van der Waals surface area contributed by atoms with Crippen LogP contribution in [0.2, 0.25) is 0 Å². The molecule has 0 aromatic carbocycles. The van der Waals surface area contributed by atoms with Gasteiger partial charge < -0.3 is 14.9 Å². The molecule has 1 aliphatic rings. The van der Waals surface area contributed by atoms with E-state index in [1.165, 1.54) is 0 Å². The number of hydrogen-bond acceptors (Lipinski definition) is 4. The molecule has 2 rings (SSSR count). The second-order valence-electron chi connectivity index (χ2n) is 5.13. The van der Waals surface area contributed by atoms with E-state index in [4.69, 9.17) is 14.9 Å². The fourth-order valence-corrected chi connectivity index (χ4v) is 2.61. The van der Waals surface area contributed by atoms with Crippen LogP contribution in [0.5, 0.6) is 0 Å². The Morgan fingerprint density at radius 3 is 2.83 bits per heavy atom. The van der Waals surface area contributed by atoms with Gasteiger partial charge in [0.2, 0.25) is 0 Å². The standard InChI is InChI=1S/C14H24N2O2/c1-4-12(15)14(13-6-5-11(3)18-13)16-7-8-17-9-10(16)2/h5-6,10,12,14H,4,7-9,15H2,1-3H3. The average molecular weight is 252 g/mol. The average Bonchev–Trinajstić information content (AvgIpc) is 2.78. The van der Waals surface area contributed by atoms with Gasteiger partial charge in [0.15, 0.2) is 0 Å². The lowest BCUT2D eigenvalue weighted by molar-refractivity contribution is -0.0328. The monoisotopic (exact) mass is 252 g/mol. The lowest BCUT2D eigenvalue weighted by Gasteiger charge is -2.40. The molecule has 0 bridgehead atoms. The first kappa shape index (κ1) is 13.6. The molecule has 102 valence electrons. The Bertz CT molecular complexity index is 378. The molecule has 2 N–H and O–H groups in total. The van der Waals surface area contributed by atoms with Crippen LogP contribution in [0.3, 0.4) is 0 Å². The van der Waals surface area contributed by atoms with Crippen LogP contribution in [0.4, 0.5) is 0 Å². The first-order valence-corrected chi connectivity index (χ1v) is 6.79. The SMILES string of the molecule is CCC(N)C(c1ccc(C)o1)N1CCOCC1C. The fraction of sp³-hybridized carbons (Fsp3) is 0.714. The summed E-state index contributed by atoms with van der Waals surface area (Å²) in [5.74, 6) is 1.93. The van der Waals surface area contributed by atoms with Gasteiger partial charge in [-0.25, -0.2) is 0 Å². The zero-order chi connectivity index (χ0) is 13.1. The van der Waals surface area contributed by atoms with Crippen LogP contribution in [0, 0.1) is 6.92 Å². The molecule has 0 amide bonds. The smallest absolute Gasteiger partial charge is 0.122 e. The summed E-state index contributed by atoms with van der Waals surface area (Å²) in [4.78, 5) is 2.41. The Kier molecular flexibility index (Phi) is 4.43. The topological polar surface area (TPSA) is 51.6 Å². The molecule has 4 heteroatoms. The molecule has 1 saturated heterocycles. The van der Waals surface area contributed by atoms with Gasteiger partial charge in [-0.3, -0.25) is 4.90 Å². The van der Waals surface area contributed by atoms with E-state index in [0.717, 1.165) is 37.7 Å². The van der Waals surface area contributed by atoms with Crippen molar-refractivity contribution in [2.75, 3.05) is 19.8 Å². The van der Waals surface area contributed by atoms with Crippen molar-refractivity contribution in [3.63, 3.8) is 0 Å². The van der Waals surface area contributed by atoms with Crippen LogP contribution in [0.25, 0.3) is 0 Å². The first-order chi connectivity index (χ1) is 8.63. The van der Waals surface area contributed by atoms with Crippen molar-refractivity contribution in [1.82, 2.24) is 4.90 Å². The quantitative estimate of drug-likeness (QED) is 0.891. The summed E-state index contributed by atoms with van der Waals surface area (Å²) >= 11 is 0. The minimum Gasteiger partial charge on any atom is -0.465 e. The van der Waals surface area contributed by atoms with E-state index in [0.29, 0.717) is 6.04 Å². The van der Waals surface area contributed by atoms with Gasteiger partial charge in [0.25, 0.3) is 0 Å². The summed E-state index contributed by atoms with van der Waals surface area (Å²) in [6.07, 6.45) is 0.939. The van der Waals surface area contributed by atoms with Crippen molar-refractivity contribution in [3.05, 3.63) is 23.7 Å². The summed E-state index contributed by atoms with van der Waals surface area (Å²) in [7, 11) is 0. The van der Waals surface area contributed by atoms with Gasteiger partial charge in [0.05, 0.1) is 19.3 Å². The lowest BCUT2D eigenvalue weighted by Crippen LogP contribution is -2.50. The van der Waals surface area contributed by atoms with Crippen molar-refractivity contribution < 1.29 is 9.15 Å². The number of nitrogens with zero attached hydrogens (tertiary/aromatic N) is 1. The summed E-state index contributed by atoms with van der Waals surface area (Å²) in [5.41, 5.74) is 6.31. The molecule has 3 unspecified atom stereocenters. The normalized spacial score (nSPS) is 25.0. The van der Waals surface area contributed by atoms with Crippen LogP contribution in [0.15, 0.2) is 16.5 Å². The van der Waals surface area contributed by atoms with E-state index in [2.05, 4.69) is 24.8 Å². The van der Waals surface area contributed by atoms with Gasteiger partial charge in [0, 0.05) is 18.6 Å². The van der Waals surface area contributed by atoms with Gasteiger partial charge in [-0.2, -0.15) is 0 Å². The van der Waals surface area contributed by atoms with Crippen molar-refractivity contribution in [3.8, 4) is 0 Å². The lowest BCUT2D eigenvalue weighted by atomic mass is 10.00. The zero-order valence-electron chi connectivity index (χ0n) is 11.6. The third-order valence-electron chi connectivity index (χ3n) is 3.71. The number of nitrogens with two attached hydrogens (primary N) is 1. The summed E-state index contributed by atoms with van der Waals surface area (Å²) in [5, 5.41) is 0. The molecule has 0 saturated carbocycles. The van der Waals surface area contributed by atoms with E-state index < -0.39 is 0 Å². The van der Waals surface area contributed by atoms with Crippen LogP contribution < -0.4 is 5.73 Å². The summed E-state index contributed by atoms with van der Waals surface area (Å²) in [6.45, 7) is 8.74. The van der Waals surface area contributed by atoms with Crippen LogP contribution in [-0.4, -0.2) is 36.7 Å². The molecule has 4 nitrogen and oxygen atoms in total. The van der Waals surface area contributed by atoms with E-state index in [1.54, 1.807) is 0 Å². The highest BCUT2D eigenvalue weighted by Crippen LogP contribution is 2.29. The molecule has 1 aromatic rings. The zero-order valence-corrected chi connectivity index (χ0v) is 11.6. The van der Waals surface area contributed by atoms with Gasteiger partial charge in [-0.1, -0.05) is 6.92 Å². The number of furan rings is 1. The fourth-order valence-electron chi connectivity index (χ4n) is 2.61. The molecule has 1 fully saturated rings. The predicted molar refractivity (Wildman–Crippen MR) is 71.4 cm³/mol. The predicted octanol–water partition coefficient (Wildman–Crippen LogP) is 2.09. The number of aryl methyl sites for hydroxylation is 1. The number of morpholine rings is 1. The molecule has 0 spiro atoms. The Labute approximate surface area is 109 Å². The van der Waals surface area contributed by atoms with Crippen LogP contribution in [-0.2, 0) is 4.74 Å². The maximum atomic E-state index is 6.31. The Morgan fingerprint density at radius 1 is 1.50 bits per heavy atom. The molecule has 1 aliphatic heterocycles. The van der Waals surface area contributed by atoms with E-state index in [9.17, 15) is 0 Å². The molecule has 0 aliphatic carbocycles. The molecule has 0 radical (unpaired) electrons. The van der Waals surface area contributed by atoms with E-state index >= 15 is 0 Å². The highest BCUT2D eigenvalue weighted by molar-refractivity contribution is 5.12. The maximum absolute atomic E-state index is 6.31.